The third-order valence-electron chi connectivity index (χ3n) is 2.95. The van der Waals surface area contributed by atoms with Gasteiger partial charge in [0.05, 0.1) is 0 Å². The molecule has 0 spiro atoms. The number of ether oxygens (including phenoxy) is 1. The van der Waals surface area contributed by atoms with Crippen LogP contribution in [0.15, 0.2) is 54.6 Å². The summed E-state index contributed by atoms with van der Waals surface area (Å²) in [5.74, 6) is 0.615. The monoisotopic (exact) mass is 284 g/mol. The average Bonchev–Trinajstić information content (AvgIpc) is 2.52. The Morgan fingerprint density at radius 1 is 1.14 bits per heavy atom. The smallest absolute Gasteiger partial charge is 0.251 e. The fraction of sp³-hybridized carbons (Fsp3) is 0.235. The van der Waals surface area contributed by atoms with E-state index in [1.54, 1.807) is 24.3 Å². The zero-order valence-corrected chi connectivity index (χ0v) is 12.1. The summed E-state index contributed by atoms with van der Waals surface area (Å²) < 4.78 is 5.67. The van der Waals surface area contributed by atoms with Crippen LogP contribution in [0.25, 0.3) is 0 Å². The Kier molecular flexibility index (Phi) is 5.35. The summed E-state index contributed by atoms with van der Waals surface area (Å²) in [6, 6.07) is 17.0. The second-order valence-electron chi connectivity index (χ2n) is 4.99. The summed E-state index contributed by atoms with van der Waals surface area (Å²) >= 11 is 0. The molecule has 1 atom stereocenters. The minimum Gasteiger partial charge on any atom is -0.489 e. The van der Waals surface area contributed by atoms with E-state index in [0.29, 0.717) is 18.7 Å². The highest BCUT2D eigenvalue weighted by atomic mass is 16.5. The van der Waals surface area contributed by atoms with E-state index < -0.39 is 0 Å². The molecule has 0 aliphatic carbocycles. The third-order valence-corrected chi connectivity index (χ3v) is 2.95. The van der Waals surface area contributed by atoms with E-state index in [9.17, 15) is 4.79 Å². The van der Waals surface area contributed by atoms with Crippen LogP contribution in [0.4, 0.5) is 0 Å². The molecular formula is C17H20N2O2. The molecule has 21 heavy (non-hydrogen) atoms. The highest BCUT2D eigenvalue weighted by Gasteiger charge is 2.06. The first kappa shape index (κ1) is 15.1. The van der Waals surface area contributed by atoms with Gasteiger partial charge in [-0.3, -0.25) is 4.79 Å². The van der Waals surface area contributed by atoms with Crippen molar-refractivity contribution < 1.29 is 9.53 Å². The van der Waals surface area contributed by atoms with Crippen molar-refractivity contribution >= 4 is 5.91 Å². The zero-order valence-electron chi connectivity index (χ0n) is 12.1. The second kappa shape index (κ2) is 7.45. The van der Waals surface area contributed by atoms with Crippen molar-refractivity contribution in [3.63, 3.8) is 0 Å². The molecule has 1 unspecified atom stereocenters. The van der Waals surface area contributed by atoms with Gasteiger partial charge in [0, 0.05) is 18.2 Å². The number of carbonyl (C=O) groups is 1. The molecule has 0 fully saturated rings. The molecule has 0 aliphatic heterocycles. The lowest BCUT2D eigenvalue weighted by Crippen LogP contribution is -2.35. The Morgan fingerprint density at radius 2 is 1.81 bits per heavy atom. The van der Waals surface area contributed by atoms with Crippen molar-refractivity contribution in [3.8, 4) is 5.75 Å². The van der Waals surface area contributed by atoms with Gasteiger partial charge < -0.3 is 15.8 Å². The van der Waals surface area contributed by atoms with Gasteiger partial charge in [0.25, 0.3) is 5.91 Å². The van der Waals surface area contributed by atoms with Crippen LogP contribution >= 0.6 is 0 Å². The topological polar surface area (TPSA) is 64.3 Å². The van der Waals surface area contributed by atoms with Crippen LogP contribution in [0.1, 0.15) is 22.8 Å². The van der Waals surface area contributed by atoms with Crippen LogP contribution in [0, 0.1) is 0 Å². The summed E-state index contributed by atoms with van der Waals surface area (Å²) in [7, 11) is 0. The van der Waals surface area contributed by atoms with Gasteiger partial charge in [-0.05, 0) is 36.8 Å². The Morgan fingerprint density at radius 3 is 2.43 bits per heavy atom. The van der Waals surface area contributed by atoms with Crippen molar-refractivity contribution in [2.75, 3.05) is 6.54 Å². The molecule has 0 heterocycles. The van der Waals surface area contributed by atoms with Crippen molar-refractivity contribution in [2.45, 2.75) is 19.6 Å². The lowest BCUT2D eigenvalue weighted by atomic mass is 10.2. The van der Waals surface area contributed by atoms with Crippen molar-refractivity contribution in [1.82, 2.24) is 5.32 Å². The summed E-state index contributed by atoms with van der Waals surface area (Å²) in [6.45, 7) is 2.82. The number of nitrogens with one attached hydrogen (secondary N) is 1. The van der Waals surface area contributed by atoms with Gasteiger partial charge >= 0.3 is 0 Å². The summed E-state index contributed by atoms with van der Waals surface area (Å²) in [5, 5.41) is 2.77. The fourth-order valence-electron chi connectivity index (χ4n) is 1.80. The van der Waals surface area contributed by atoms with E-state index in [1.165, 1.54) is 0 Å². The molecule has 110 valence electrons. The molecule has 0 aromatic heterocycles. The van der Waals surface area contributed by atoms with E-state index >= 15 is 0 Å². The van der Waals surface area contributed by atoms with Crippen molar-refractivity contribution in [1.29, 1.82) is 0 Å². The number of hydrogen-bond acceptors (Lipinski definition) is 3. The Balaban J connectivity index is 1.88. The number of nitrogens with two attached hydrogens (primary N) is 1. The fourth-order valence-corrected chi connectivity index (χ4v) is 1.80. The molecule has 0 radical (unpaired) electrons. The molecule has 2 rings (SSSR count). The lowest BCUT2D eigenvalue weighted by molar-refractivity contribution is 0.0951. The Labute approximate surface area is 124 Å². The van der Waals surface area contributed by atoms with E-state index in [2.05, 4.69) is 5.32 Å². The highest BCUT2D eigenvalue weighted by Crippen LogP contribution is 2.14. The second-order valence-corrected chi connectivity index (χ2v) is 4.99. The highest BCUT2D eigenvalue weighted by molar-refractivity contribution is 5.94. The maximum Gasteiger partial charge on any atom is 0.251 e. The molecule has 0 saturated carbocycles. The largest absolute Gasteiger partial charge is 0.489 e. The van der Waals surface area contributed by atoms with E-state index in [0.717, 1.165) is 11.3 Å². The summed E-state index contributed by atoms with van der Waals surface area (Å²) in [6.07, 6.45) is 0. The molecular weight excluding hydrogens is 264 g/mol. The zero-order chi connectivity index (χ0) is 15.1. The minimum absolute atomic E-state index is 0.0533. The van der Waals surface area contributed by atoms with Crippen LogP contribution in [0.5, 0.6) is 5.75 Å². The normalized spacial score (nSPS) is 11.7. The predicted molar refractivity (Wildman–Crippen MR) is 83.2 cm³/mol. The standard InChI is InChI=1S/C17H20N2O2/c1-13(18)11-19-17(20)15-7-9-16(10-8-15)21-12-14-5-3-2-4-6-14/h2-10,13H,11-12,18H2,1H3,(H,19,20). The first-order chi connectivity index (χ1) is 10.1. The molecule has 0 aliphatic rings. The predicted octanol–water partition coefficient (Wildman–Crippen LogP) is 2.34. The number of benzene rings is 2. The number of rotatable bonds is 6. The van der Waals surface area contributed by atoms with E-state index in [1.807, 2.05) is 37.3 Å². The third kappa shape index (κ3) is 4.93. The maximum absolute atomic E-state index is 11.8. The summed E-state index contributed by atoms with van der Waals surface area (Å²) in [5.41, 5.74) is 7.31. The average molecular weight is 284 g/mol. The lowest BCUT2D eigenvalue weighted by Gasteiger charge is -2.09. The van der Waals surface area contributed by atoms with Gasteiger partial charge in [-0.15, -0.1) is 0 Å². The van der Waals surface area contributed by atoms with Crippen LogP contribution in [0.2, 0.25) is 0 Å². The number of amides is 1. The van der Waals surface area contributed by atoms with Gasteiger partial charge in [-0.25, -0.2) is 0 Å². The number of hydrogen-bond donors (Lipinski definition) is 2. The summed E-state index contributed by atoms with van der Waals surface area (Å²) in [4.78, 5) is 11.8. The maximum atomic E-state index is 11.8. The van der Waals surface area contributed by atoms with Gasteiger partial charge in [0.15, 0.2) is 0 Å². The van der Waals surface area contributed by atoms with Crippen LogP contribution in [0.3, 0.4) is 0 Å². The van der Waals surface area contributed by atoms with Gasteiger partial charge in [0.1, 0.15) is 12.4 Å². The molecule has 2 aromatic rings. The molecule has 0 bridgehead atoms. The quantitative estimate of drug-likeness (QED) is 0.855. The molecule has 4 nitrogen and oxygen atoms in total. The number of carbonyl (C=O) groups excluding carboxylic acids is 1. The van der Waals surface area contributed by atoms with Crippen LogP contribution in [-0.2, 0) is 6.61 Å². The van der Waals surface area contributed by atoms with Crippen molar-refractivity contribution in [3.05, 3.63) is 65.7 Å². The molecule has 0 saturated heterocycles. The molecule has 4 heteroatoms. The molecule has 2 aromatic carbocycles. The van der Waals surface area contributed by atoms with Gasteiger partial charge in [-0.2, -0.15) is 0 Å². The van der Waals surface area contributed by atoms with Crippen LogP contribution in [-0.4, -0.2) is 18.5 Å². The van der Waals surface area contributed by atoms with E-state index in [4.69, 9.17) is 10.5 Å². The Hall–Kier alpha value is -2.33. The first-order valence-electron chi connectivity index (χ1n) is 6.96. The molecule has 3 N–H and O–H groups in total. The molecule has 1 amide bonds. The van der Waals surface area contributed by atoms with E-state index in [-0.39, 0.29) is 11.9 Å². The van der Waals surface area contributed by atoms with Crippen LogP contribution < -0.4 is 15.8 Å². The van der Waals surface area contributed by atoms with Gasteiger partial charge in [0.2, 0.25) is 0 Å². The SMILES string of the molecule is CC(N)CNC(=O)c1ccc(OCc2ccccc2)cc1. The minimum atomic E-state index is -0.123. The van der Waals surface area contributed by atoms with Gasteiger partial charge in [-0.1, -0.05) is 30.3 Å². The van der Waals surface area contributed by atoms with Crippen molar-refractivity contribution in [2.24, 2.45) is 5.73 Å². The Bertz CT molecular complexity index is 565. The first-order valence-corrected chi connectivity index (χ1v) is 6.96.